The second-order valence-electron chi connectivity index (χ2n) is 2.87. The molecule has 0 spiro atoms. The Bertz CT molecular complexity index is 51.3. The summed E-state index contributed by atoms with van der Waals surface area (Å²) in [5.41, 5.74) is 0. The zero-order valence-corrected chi connectivity index (χ0v) is 7.62. The zero-order valence-electron chi connectivity index (χ0n) is 6.62. The molecule has 0 bridgehead atoms. The van der Waals surface area contributed by atoms with E-state index >= 15 is 0 Å². The van der Waals surface area contributed by atoms with Gasteiger partial charge in [-0.3, -0.25) is 0 Å². The third-order valence-corrected chi connectivity index (χ3v) is 7.68. The predicted molar refractivity (Wildman–Crippen MR) is 43.0 cm³/mol. The summed E-state index contributed by atoms with van der Waals surface area (Å²) in [5.74, 6) is 0. The summed E-state index contributed by atoms with van der Waals surface area (Å²) in [4.78, 5) is 0. The number of hydrogen-bond donors (Lipinski definition) is 0. The van der Waals surface area contributed by atoms with Crippen LogP contribution >= 0.6 is 0 Å². The van der Waals surface area contributed by atoms with Crippen LogP contribution in [-0.2, 0) is 0 Å². The first-order chi connectivity index (χ1) is 3.68. The van der Waals surface area contributed by atoms with Crippen molar-refractivity contribution < 1.29 is 0 Å². The first-order valence-electron chi connectivity index (χ1n) is 3.68. The normalized spacial score (nSPS) is 12.1. The molecule has 0 aromatic rings. The minimum atomic E-state index is -0.671. The zero-order chi connectivity index (χ0) is 6.62. The Morgan fingerprint density at radius 1 is 1.00 bits per heavy atom. The fourth-order valence-electron chi connectivity index (χ4n) is 0.750. The summed E-state index contributed by atoms with van der Waals surface area (Å²) in [6.45, 7) is 7.00. The minimum absolute atomic E-state index is 0.671. The van der Waals surface area contributed by atoms with Gasteiger partial charge in [0, 0.05) is 0 Å². The monoisotopic (exact) mass is 122 g/mol. The summed E-state index contributed by atoms with van der Waals surface area (Å²) >= 11 is 2.49. The van der Waals surface area contributed by atoms with Crippen molar-refractivity contribution in [3.63, 3.8) is 0 Å². The van der Waals surface area contributed by atoms with Crippen LogP contribution in [0.3, 0.4) is 0 Å². The Labute approximate surface area is 62.6 Å². The van der Waals surface area contributed by atoms with Gasteiger partial charge in [0.25, 0.3) is 0 Å². The molecule has 0 aliphatic rings. The van der Waals surface area contributed by atoms with E-state index < -0.39 is 6.40 Å². The first-order valence-corrected chi connectivity index (χ1v) is 6.80. The Hall–Kier alpha value is 0.814. The molecule has 0 amide bonds. The van der Waals surface area contributed by atoms with Gasteiger partial charge < -0.3 is 0 Å². The Balaban J connectivity index is 3.58. The van der Waals surface area contributed by atoms with E-state index in [2.05, 4.69) is 37.8 Å². The average Bonchev–Trinajstić information content (AvgIpc) is 1.87. The Morgan fingerprint density at radius 2 is 1.25 bits per heavy atom. The SMILES string of the molecule is [Li][Si](CC)(CC)CC. The summed E-state index contributed by atoms with van der Waals surface area (Å²) in [6.07, 6.45) is -0.671. The van der Waals surface area contributed by atoms with E-state index in [0.29, 0.717) is 0 Å². The van der Waals surface area contributed by atoms with Crippen LogP contribution in [0.25, 0.3) is 0 Å². The molecule has 0 fully saturated rings. The quantitative estimate of drug-likeness (QED) is 0.503. The first kappa shape index (κ1) is 8.81. The number of rotatable bonds is 3. The molecule has 44 valence electrons. The van der Waals surface area contributed by atoms with Crippen LogP contribution in [0.4, 0.5) is 0 Å². The van der Waals surface area contributed by atoms with Crippen molar-refractivity contribution >= 4 is 23.4 Å². The third kappa shape index (κ3) is 2.39. The molecule has 0 nitrogen and oxygen atoms in total. The molecule has 0 rings (SSSR count). The van der Waals surface area contributed by atoms with Gasteiger partial charge in [-0.25, -0.2) is 0 Å². The summed E-state index contributed by atoms with van der Waals surface area (Å²) in [7, 11) is 0. The molecule has 2 heteroatoms. The molecule has 0 radical (unpaired) electrons. The van der Waals surface area contributed by atoms with E-state index in [1.807, 2.05) is 0 Å². The summed E-state index contributed by atoms with van der Waals surface area (Å²) in [6, 6.07) is 4.38. The third-order valence-electron chi connectivity index (χ3n) is 2.56. The van der Waals surface area contributed by atoms with E-state index in [-0.39, 0.29) is 0 Å². The molecular weight excluding hydrogens is 107 g/mol. The van der Waals surface area contributed by atoms with Gasteiger partial charge >= 0.3 is 62.3 Å². The number of hydrogen-bond acceptors (Lipinski definition) is 0. The Morgan fingerprint density at radius 3 is 1.25 bits per heavy atom. The van der Waals surface area contributed by atoms with Crippen molar-refractivity contribution in [2.45, 2.75) is 38.9 Å². The summed E-state index contributed by atoms with van der Waals surface area (Å²) < 4.78 is 0. The second kappa shape index (κ2) is 3.77. The molecule has 0 N–H and O–H groups in total. The summed E-state index contributed by atoms with van der Waals surface area (Å²) in [5, 5.41) is 0. The molecule has 8 heavy (non-hydrogen) atoms. The molecular formula is C6H15LiSi. The van der Waals surface area contributed by atoms with E-state index in [1.54, 1.807) is 0 Å². The van der Waals surface area contributed by atoms with Crippen molar-refractivity contribution in [1.29, 1.82) is 0 Å². The molecule has 0 saturated heterocycles. The molecule has 0 aliphatic heterocycles. The molecule has 0 saturated carbocycles. The molecule has 0 aromatic heterocycles. The van der Waals surface area contributed by atoms with Crippen LogP contribution in [0.15, 0.2) is 0 Å². The van der Waals surface area contributed by atoms with Crippen LogP contribution < -0.4 is 0 Å². The van der Waals surface area contributed by atoms with Gasteiger partial charge in [0.15, 0.2) is 0 Å². The predicted octanol–water partition coefficient (Wildman–Crippen LogP) is 2.16. The van der Waals surface area contributed by atoms with Crippen LogP contribution in [0, 0.1) is 0 Å². The van der Waals surface area contributed by atoms with Gasteiger partial charge in [-0.1, -0.05) is 0 Å². The standard InChI is InChI=1S/C6H15Si.Li/c1-4-7(5-2)6-3;/h4-6H2,1-3H3;. The Kier molecular flexibility index (Phi) is 4.15. The van der Waals surface area contributed by atoms with Crippen LogP contribution in [-0.4, -0.2) is 23.4 Å². The maximum absolute atomic E-state index is 2.49. The van der Waals surface area contributed by atoms with E-state index in [4.69, 9.17) is 0 Å². The van der Waals surface area contributed by atoms with Crippen molar-refractivity contribution in [2.75, 3.05) is 0 Å². The van der Waals surface area contributed by atoms with Crippen LogP contribution in [0.1, 0.15) is 20.8 Å². The molecule has 0 aromatic carbocycles. The van der Waals surface area contributed by atoms with Gasteiger partial charge in [0.1, 0.15) is 0 Å². The fraction of sp³-hybridized carbons (Fsp3) is 1.00. The van der Waals surface area contributed by atoms with Gasteiger partial charge in [-0.2, -0.15) is 0 Å². The van der Waals surface area contributed by atoms with Gasteiger partial charge in [-0.15, -0.1) is 0 Å². The molecule has 0 heterocycles. The van der Waals surface area contributed by atoms with E-state index in [0.717, 1.165) is 0 Å². The van der Waals surface area contributed by atoms with Crippen molar-refractivity contribution in [2.24, 2.45) is 0 Å². The van der Waals surface area contributed by atoms with Crippen molar-refractivity contribution in [3.05, 3.63) is 0 Å². The van der Waals surface area contributed by atoms with Crippen molar-refractivity contribution in [3.8, 4) is 0 Å². The van der Waals surface area contributed by atoms with E-state index in [9.17, 15) is 0 Å². The molecule has 0 aliphatic carbocycles. The topological polar surface area (TPSA) is 0 Å². The van der Waals surface area contributed by atoms with Crippen LogP contribution in [0.2, 0.25) is 18.1 Å². The van der Waals surface area contributed by atoms with Crippen molar-refractivity contribution in [1.82, 2.24) is 0 Å². The van der Waals surface area contributed by atoms with Crippen LogP contribution in [0.5, 0.6) is 0 Å². The fourth-order valence-corrected chi connectivity index (χ4v) is 2.25. The van der Waals surface area contributed by atoms with Gasteiger partial charge in [-0.05, 0) is 0 Å². The second-order valence-corrected chi connectivity index (χ2v) is 8.61. The molecule has 0 unspecified atom stereocenters. The average molecular weight is 122 g/mol. The molecule has 0 atom stereocenters. The maximum atomic E-state index is 2.49. The van der Waals surface area contributed by atoms with E-state index in [1.165, 1.54) is 18.1 Å². The van der Waals surface area contributed by atoms with Gasteiger partial charge in [0.2, 0.25) is 0 Å². The van der Waals surface area contributed by atoms with Gasteiger partial charge in [0.05, 0.1) is 0 Å².